The van der Waals surface area contributed by atoms with Crippen molar-refractivity contribution in [3.8, 4) is 0 Å². The molecule has 8 nitrogen and oxygen atoms in total. The van der Waals surface area contributed by atoms with Crippen LogP contribution in [0.2, 0.25) is 0 Å². The summed E-state index contributed by atoms with van der Waals surface area (Å²) in [7, 11) is -3.65. The number of alkyl carbamates (subject to hydrolysis) is 1. The molecule has 1 saturated heterocycles. The van der Waals surface area contributed by atoms with Crippen molar-refractivity contribution in [3.05, 3.63) is 35.8 Å². The SMILES string of the molecule is CC(C)(C)OC(=O)NC1CCN(c2ccc(S(=O)(=O)Nc3nccs3)cc2)CC1. The van der Waals surface area contributed by atoms with Crippen molar-refractivity contribution < 1.29 is 17.9 Å². The molecule has 0 radical (unpaired) electrons. The highest BCUT2D eigenvalue weighted by Gasteiger charge is 2.24. The van der Waals surface area contributed by atoms with E-state index in [2.05, 4.69) is 19.9 Å². The summed E-state index contributed by atoms with van der Waals surface area (Å²) >= 11 is 1.23. The van der Waals surface area contributed by atoms with Gasteiger partial charge in [0.15, 0.2) is 5.13 Å². The second kappa shape index (κ2) is 8.58. The minimum atomic E-state index is -3.65. The number of piperidine rings is 1. The third-order valence-electron chi connectivity index (χ3n) is 4.38. The van der Waals surface area contributed by atoms with E-state index in [1.54, 1.807) is 35.8 Å². The average molecular weight is 439 g/mol. The maximum absolute atomic E-state index is 12.4. The number of aromatic nitrogens is 1. The highest BCUT2D eigenvalue weighted by Crippen LogP contribution is 2.24. The molecule has 0 saturated carbocycles. The zero-order chi connectivity index (χ0) is 21.1. The number of sulfonamides is 1. The largest absolute Gasteiger partial charge is 0.444 e. The summed E-state index contributed by atoms with van der Waals surface area (Å²) < 4.78 is 32.6. The van der Waals surface area contributed by atoms with Crippen molar-refractivity contribution in [1.82, 2.24) is 10.3 Å². The van der Waals surface area contributed by atoms with Crippen molar-refractivity contribution in [2.24, 2.45) is 0 Å². The Morgan fingerprint density at radius 2 is 1.86 bits per heavy atom. The number of hydrogen-bond donors (Lipinski definition) is 2. The maximum atomic E-state index is 12.4. The summed E-state index contributed by atoms with van der Waals surface area (Å²) in [6.45, 7) is 7.05. The number of anilines is 2. The number of nitrogens with one attached hydrogen (secondary N) is 2. The minimum Gasteiger partial charge on any atom is -0.444 e. The first kappa shape index (κ1) is 21.4. The van der Waals surface area contributed by atoms with Gasteiger partial charge in [-0.2, -0.15) is 0 Å². The van der Waals surface area contributed by atoms with Gasteiger partial charge in [-0.25, -0.2) is 18.2 Å². The van der Waals surface area contributed by atoms with Gasteiger partial charge < -0.3 is 15.0 Å². The zero-order valence-electron chi connectivity index (χ0n) is 16.7. The molecular weight excluding hydrogens is 412 g/mol. The van der Waals surface area contributed by atoms with E-state index >= 15 is 0 Å². The van der Waals surface area contributed by atoms with Gasteiger partial charge in [0.1, 0.15) is 5.60 Å². The first-order chi connectivity index (χ1) is 13.6. The molecule has 3 rings (SSSR count). The van der Waals surface area contributed by atoms with Crippen LogP contribution in [-0.2, 0) is 14.8 Å². The smallest absolute Gasteiger partial charge is 0.407 e. The topological polar surface area (TPSA) is 101 Å². The molecule has 1 aromatic carbocycles. The molecule has 0 spiro atoms. The fraction of sp³-hybridized carbons (Fsp3) is 0.474. The Morgan fingerprint density at radius 3 is 2.41 bits per heavy atom. The van der Waals surface area contributed by atoms with Gasteiger partial charge in [-0.3, -0.25) is 4.72 Å². The normalized spacial score (nSPS) is 15.8. The van der Waals surface area contributed by atoms with Crippen molar-refractivity contribution in [2.75, 3.05) is 22.7 Å². The molecule has 1 aromatic heterocycles. The lowest BCUT2D eigenvalue weighted by Crippen LogP contribution is -2.46. The molecule has 1 fully saturated rings. The van der Waals surface area contributed by atoms with E-state index in [4.69, 9.17) is 4.74 Å². The summed E-state index contributed by atoms with van der Waals surface area (Å²) in [4.78, 5) is 18.2. The van der Waals surface area contributed by atoms with Gasteiger partial charge in [-0.05, 0) is 57.9 Å². The summed E-state index contributed by atoms with van der Waals surface area (Å²) in [5.41, 5.74) is 0.440. The first-order valence-corrected chi connectivity index (χ1v) is 11.8. The second-order valence-electron chi connectivity index (χ2n) is 7.84. The van der Waals surface area contributed by atoms with Crippen LogP contribution in [0, 0.1) is 0 Å². The molecule has 0 bridgehead atoms. The summed E-state index contributed by atoms with van der Waals surface area (Å²) in [5.74, 6) is 0. The fourth-order valence-corrected chi connectivity index (χ4v) is 4.83. The Morgan fingerprint density at radius 1 is 1.21 bits per heavy atom. The number of carbonyl (C=O) groups excluding carboxylic acids is 1. The number of carbonyl (C=O) groups is 1. The third-order valence-corrected chi connectivity index (χ3v) is 6.55. The van der Waals surface area contributed by atoms with Crippen LogP contribution in [0.3, 0.4) is 0 Å². The van der Waals surface area contributed by atoms with Gasteiger partial charge in [0.2, 0.25) is 0 Å². The molecule has 1 amide bonds. The summed E-state index contributed by atoms with van der Waals surface area (Å²) in [6, 6.07) is 6.87. The number of nitrogens with zero attached hydrogens (tertiary/aromatic N) is 2. The molecular formula is C19H26N4O4S2. The molecule has 2 aromatic rings. The molecule has 29 heavy (non-hydrogen) atoms. The Kier molecular flexibility index (Phi) is 6.33. The number of benzene rings is 1. The van der Waals surface area contributed by atoms with E-state index in [-0.39, 0.29) is 10.9 Å². The van der Waals surface area contributed by atoms with Gasteiger partial charge in [0.05, 0.1) is 4.90 Å². The Balaban J connectivity index is 1.54. The minimum absolute atomic E-state index is 0.0725. The van der Waals surface area contributed by atoms with Crippen LogP contribution < -0.4 is 14.9 Å². The number of amides is 1. The Bertz CT molecular complexity index is 914. The number of thiazole rings is 1. The van der Waals surface area contributed by atoms with Crippen molar-refractivity contribution in [2.45, 2.75) is 50.2 Å². The lowest BCUT2D eigenvalue weighted by atomic mass is 10.0. The maximum Gasteiger partial charge on any atom is 0.407 e. The molecule has 0 unspecified atom stereocenters. The highest BCUT2D eigenvalue weighted by molar-refractivity contribution is 7.93. The van der Waals surface area contributed by atoms with Crippen molar-refractivity contribution >= 4 is 38.3 Å². The fourth-order valence-electron chi connectivity index (χ4n) is 3.04. The number of ether oxygens (including phenoxy) is 1. The molecule has 1 aliphatic heterocycles. The van der Waals surface area contributed by atoms with Gasteiger partial charge in [0.25, 0.3) is 10.0 Å². The molecule has 158 valence electrons. The Hall–Kier alpha value is -2.33. The molecule has 10 heteroatoms. The lowest BCUT2D eigenvalue weighted by Gasteiger charge is -2.34. The van der Waals surface area contributed by atoms with Crippen molar-refractivity contribution in [3.63, 3.8) is 0 Å². The van der Waals surface area contributed by atoms with Gasteiger partial charge in [0, 0.05) is 36.4 Å². The highest BCUT2D eigenvalue weighted by atomic mass is 32.2. The summed E-state index contributed by atoms with van der Waals surface area (Å²) in [5, 5.41) is 4.97. The van der Waals surface area contributed by atoms with Gasteiger partial charge >= 0.3 is 6.09 Å². The predicted octanol–water partition coefficient (Wildman–Crippen LogP) is 3.44. The van der Waals surface area contributed by atoms with Gasteiger partial charge in [-0.1, -0.05) is 0 Å². The van der Waals surface area contributed by atoms with Crippen LogP contribution in [-0.4, -0.2) is 44.2 Å². The zero-order valence-corrected chi connectivity index (χ0v) is 18.3. The van der Waals surface area contributed by atoms with E-state index in [0.29, 0.717) is 5.13 Å². The van der Waals surface area contributed by atoms with E-state index in [0.717, 1.165) is 31.6 Å². The van der Waals surface area contributed by atoms with Crippen LogP contribution in [0.5, 0.6) is 0 Å². The molecule has 2 heterocycles. The van der Waals surface area contributed by atoms with Crippen LogP contribution >= 0.6 is 11.3 Å². The van der Waals surface area contributed by atoms with E-state index in [1.807, 2.05) is 20.8 Å². The summed E-state index contributed by atoms with van der Waals surface area (Å²) in [6.07, 6.45) is 2.75. The van der Waals surface area contributed by atoms with E-state index in [9.17, 15) is 13.2 Å². The molecule has 0 aliphatic carbocycles. The Labute approximate surface area is 175 Å². The molecule has 1 aliphatic rings. The van der Waals surface area contributed by atoms with Crippen LogP contribution in [0.1, 0.15) is 33.6 Å². The monoisotopic (exact) mass is 438 g/mol. The number of hydrogen-bond acceptors (Lipinski definition) is 7. The standard InChI is InChI=1S/C19H26N4O4S2/c1-19(2,3)27-18(24)21-14-8-11-23(12-9-14)15-4-6-16(7-5-15)29(25,26)22-17-20-10-13-28-17/h4-7,10,13-14H,8-9,11-12H2,1-3H3,(H,20,22)(H,21,24). The number of rotatable bonds is 5. The van der Waals surface area contributed by atoms with E-state index in [1.165, 1.54) is 11.3 Å². The lowest BCUT2D eigenvalue weighted by molar-refractivity contribution is 0.0497. The molecule has 0 atom stereocenters. The van der Waals surface area contributed by atoms with E-state index < -0.39 is 21.7 Å². The van der Waals surface area contributed by atoms with Crippen molar-refractivity contribution in [1.29, 1.82) is 0 Å². The second-order valence-corrected chi connectivity index (χ2v) is 10.4. The first-order valence-electron chi connectivity index (χ1n) is 9.39. The van der Waals surface area contributed by atoms with Crippen LogP contribution in [0.15, 0.2) is 40.7 Å². The van der Waals surface area contributed by atoms with Crippen LogP contribution in [0.4, 0.5) is 15.6 Å². The predicted molar refractivity (Wildman–Crippen MR) is 114 cm³/mol. The molecule has 2 N–H and O–H groups in total. The third kappa shape index (κ3) is 6.07. The quantitative estimate of drug-likeness (QED) is 0.742. The average Bonchev–Trinajstić information content (AvgIpc) is 3.13. The van der Waals surface area contributed by atoms with Crippen LogP contribution in [0.25, 0.3) is 0 Å². The van der Waals surface area contributed by atoms with Gasteiger partial charge in [-0.15, -0.1) is 11.3 Å².